The van der Waals surface area contributed by atoms with Gasteiger partial charge in [-0.2, -0.15) is 20.2 Å². The number of nitriles is 2. The van der Waals surface area contributed by atoms with Gasteiger partial charge in [-0.3, -0.25) is 0 Å². The number of halogens is 9. The highest BCUT2D eigenvalue weighted by molar-refractivity contribution is 5.89. The van der Waals surface area contributed by atoms with Crippen LogP contribution in [0.5, 0.6) is 5.75 Å². The molecule has 0 radical (unpaired) electrons. The van der Waals surface area contributed by atoms with Crippen LogP contribution >= 0.6 is 0 Å². The molecule has 0 atom stereocenters. The maximum absolute atomic E-state index is 16.6. The Morgan fingerprint density at radius 2 is 1.15 bits per heavy atom. The van der Waals surface area contributed by atoms with E-state index in [1.54, 1.807) is 0 Å². The molecule has 5 rings (SSSR count). The summed E-state index contributed by atoms with van der Waals surface area (Å²) < 4.78 is 134. The van der Waals surface area contributed by atoms with E-state index in [-0.39, 0.29) is 16.7 Å². The van der Waals surface area contributed by atoms with Crippen LogP contribution in [0, 0.1) is 77.6 Å². The molecule has 0 saturated heterocycles. The Morgan fingerprint density at radius 3 is 1.57 bits per heavy atom. The van der Waals surface area contributed by atoms with Crippen molar-refractivity contribution >= 4 is 11.1 Å². The second-order valence-corrected chi connectivity index (χ2v) is 9.92. The van der Waals surface area contributed by atoms with Crippen LogP contribution in [0.2, 0.25) is 0 Å². The van der Waals surface area contributed by atoms with Gasteiger partial charge >= 0.3 is 12.2 Å². The predicted molar refractivity (Wildman–Crippen MR) is 141 cm³/mol. The summed E-state index contributed by atoms with van der Waals surface area (Å²) in [5.74, 6) is -11.0. The first-order valence-electron chi connectivity index (χ1n) is 12.7. The quantitative estimate of drug-likeness (QED) is 0.184. The monoisotopic (exact) mass is 638 g/mol. The number of fused-ring (bicyclic) bond motifs is 2. The molecule has 0 heterocycles. The zero-order chi connectivity index (χ0) is 33.8. The van der Waals surface area contributed by atoms with E-state index in [0.29, 0.717) is 12.1 Å². The number of hydrogen-bond donors (Lipinski definition) is 0. The largest absolute Gasteiger partial charge is 0.573 e. The van der Waals surface area contributed by atoms with Gasteiger partial charge in [-0.25, -0.2) is 26.3 Å². The Kier molecular flexibility index (Phi) is 7.64. The van der Waals surface area contributed by atoms with Crippen molar-refractivity contribution < 1.29 is 44.3 Å². The van der Waals surface area contributed by atoms with Crippen LogP contribution in [0.15, 0.2) is 46.8 Å². The average Bonchev–Trinajstić information content (AvgIpc) is 3.58. The third kappa shape index (κ3) is 4.91. The fraction of sp³-hybridized carbons (Fsp3) is 0.125. The summed E-state index contributed by atoms with van der Waals surface area (Å²) >= 11 is 0. The van der Waals surface area contributed by atoms with E-state index in [1.807, 2.05) is 0 Å². The van der Waals surface area contributed by atoms with E-state index in [0.717, 1.165) is 19.1 Å². The summed E-state index contributed by atoms with van der Waals surface area (Å²) in [6, 6.07) is 5.29. The number of alkyl halides is 3. The molecule has 228 valence electrons. The summed E-state index contributed by atoms with van der Waals surface area (Å²) in [7, 11) is 0. The fourth-order valence-corrected chi connectivity index (χ4v) is 5.54. The molecule has 3 aromatic rings. The summed E-state index contributed by atoms with van der Waals surface area (Å²) in [5.41, 5.74) is -4.91. The lowest BCUT2D eigenvalue weighted by atomic mass is 9.95. The lowest BCUT2D eigenvalue weighted by Gasteiger charge is -2.13. The fourth-order valence-electron chi connectivity index (χ4n) is 5.54. The van der Waals surface area contributed by atoms with Gasteiger partial charge in [0, 0.05) is 40.0 Å². The Morgan fingerprint density at radius 1 is 0.739 bits per heavy atom. The van der Waals surface area contributed by atoms with Gasteiger partial charge in [0.2, 0.25) is 5.75 Å². The molecule has 2 aliphatic carbocycles. The third-order valence-electron chi connectivity index (χ3n) is 7.46. The predicted octanol–water partition coefficient (Wildman–Crippen LogP) is 6.63. The molecule has 0 spiro atoms. The Balaban J connectivity index is 1.97. The minimum Gasteiger partial charge on any atom is -0.399 e. The van der Waals surface area contributed by atoms with Gasteiger partial charge in [-0.15, -0.1) is 13.2 Å². The van der Waals surface area contributed by atoms with E-state index >= 15 is 8.78 Å². The molecule has 0 aliphatic heterocycles. The molecular formula is C32H11F9N4O. The highest BCUT2D eigenvalue weighted by Gasteiger charge is 2.38. The Hall–Kier alpha value is -5.99. The van der Waals surface area contributed by atoms with E-state index in [4.69, 9.17) is 13.1 Å². The van der Waals surface area contributed by atoms with E-state index in [2.05, 4.69) is 14.4 Å². The molecule has 3 aromatic carbocycles. The highest BCUT2D eigenvalue weighted by Crippen LogP contribution is 2.39. The molecular weight excluding hydrogens is 627 g/mol. The maximum atomic E-state index is 16.6. The lowest BCUT2D eigenvalue weighted by Crippen LogP contribution is -2.27. The zero-order valence-corrected chi connectivity index (χ0v) is 22.8. The van der Waals surface area contributed by atoms with Gasteiger partial charge in [0.1, 0.15) is 54.1 Å². The normalized spacial score (nSPS) is 13.4. The molecule has 46 heavy (non-hydrogen) atoms. The Labute approximate surface area is 252 Å². The van der Waals surface area contributed by atoms with Crippen LogP contribution in [-0.2, 0) is 12.8 Å². The number of allylic oxidation sites excluding steroid dienone is 3. The van der Waals surface area contributed by atoms with Gasteiger partial charge in [0.25, 0.3) is 0 Å². The first-order valence-corrected chi connectivity index (χ1v) is 12.7. The van der Waals surface area contributed by atoms with Crippen LogP contribution in [-0.4, -0.2) is 6.36 Å². The average molecular weight is 638 g/mol. The van der Waals surface area contributed by atoms with E-state index in [1.165, 1.54) is 12.1 Å². The van der Waals surface area contributed by atoms with Crippen molar-refractivity contribution in [2.24, 2.45) is 0 Å². The van der Waals surface area contributed by atoms with E-state index < -0.39 is 115 Å². The molecule has 5 nitrogen and oxygen atoms in total. The number of hydrogen-bond acceptors (Lipinski definition) is 3. The number of benzene rings is 3. The van der Waals surface area contributed by atoms with Gasteiger partial charge in [0.05, 0.1) is 5.57 Å². The SMILES string of the molecule is [C-]#[N+]C([N+]#[C-])=C1Cc2c(F)c3c(c(F)c2=C1c1cc(F)c(C)c(F)c1)CC(=C(C#N)C#N)C=3c1cc(F)c(OC(F)(F)F)c(F)c1. The van der Waals surface area contributed by atoms with Crippen LogP contribution in [0.25, 0.3) is 20.8 Å². The van der Waals surface area contributed by atoms with Crippen molar-refractivity contribution in [3.63, 3.8) is 0 Å². The molecule has 0 saturated carbocycles. The maximum Gasteiger partial charge on any atom is 0.573 e. The van der Waals surface area contributed by atoms with Crippen LogP contribution < -0.4 is 15.2 Å². The number of nitrogens with zero attached hydrogens (tertiary/aromatic N) is 4. The molecule has 0 bridgehead atoms. The Bertz CT molecular complexity index is 2210. The first kappa shape index (κ1) is 31.4. The second kappa shape index (κ2) is 11.2. The van der Waals surface area contributed by atoms with Crippen molar-refractivity contribution in [2.45, 2.75) is 26.1 Å². The molecule has 2 aliphatic rings. The molecule has 0 amide bonds. The van der Waals surface area contributed by atoms with Crippen molar-refractivity contribution in [1.82, 2.24) is 0 Å². The van der Waals surface area contributed by atoms with Crippen molar-refractivity contribution in [3.05, 3.63) is 143 Å². The van der Waals surface area contributed by atoms with Crippen LogP contribution in [0.3, 0.4) is 0 Å². The van der Waals surface area contributed by atoms with Crippen molar-refractivity contribution in [3.8, 4) is 17.9 Å². The van der Waals surface area contributed by atoms with Crippen LogP contribution in [0.1, 0.15) is 27.8 Å². The number of ether oxygens (including phenoxy) is 1. The standard InChI is InChI=1S/C32H11F9N4O/c1-12-20(33)4-13(5-21(12)34)25-19(31(44-2)45-3)9-18-27(25)28(37)17-8-16(15(10-42)11-43)24(26(17)29(18)38)14-6-22(35)30(23(36)7-14)46-32(39,40)41/h4-7H,8-9H2,1H3. The smallest absolute Gasteiger partial charge is 0.399 e. The minimum atomic E-state index is -5.50. The molecule has 0 N–H and O–H groups in total. The lowest BCUT2D eigenvalue weighted by molar-refractivity contribution is -0.276. The summed E-state index contributed by atoms with van der Waals surface area (Å²) in [5, 5.41) is 17.9. The first-order chi connectivity index (χ1) is 21.7. The highest BCUT2D eigenvalue weighted by atomic mass is 19.4. The molecule has 0 aromatic heterocycles. The minimum absolute atomic E-state index is 0.276. The second-order valence-electron chi connectivity index (χ2n) is 9.92. The summed E-state index contributed by atoms with van der Waals surface area (Å²) in [4.78, 5) is 6.17. The van der Waals surface area contributed by atoms with Crippen LogP contribution in [0.4, 0.5) is 39.5 Å². The number of rotatable bonds is 3. The molecule has 0 fully saturated rings. The van der Waals surface area contributed by atoms with Gasteiger partial charge in [0.15, 0.2) is 11.6 Å². The van der Waals surface area contributed by atoms with E-state index in [9.17, 15) is 41.3 Å². The topological polar surface area (TPSA) is 65.5 Å². The van der Waals surface area contributed by atoms with Crippen molar-refractivity contribution in [1.29, 1.82) is 10.5 Å². The third-order valence-corrected chi connectivity index (χ3v) is 7.46. The summed E-state index contributed by atoms with van der Waals surface area (Å²) in [6.07, 6.45) is -6.89. The van der Waals surface area contributed by atoms with Gasteiger partial charge in [-0.1, -0.05) is 0 Å². The van der Waals surface area contributed by atoms with Crippen molar-refractivity contribution in [2.75, 3.05) is 0 Å². The molecule has 14 heteroatoms. The van der Waals surface area contributed by atoms with Gasteiger partial charge in [-0.05, 0) is 59.0 Å². The zero-order valence-electron chi connectivity index (χ0n) is 22.8. The van der Waals surface area contributed by atoms with Gasteiger partial charge < -0.3 is 4.74 Å². The molecule has 0 unspecified atom stereocenters. The summed E-state index contributed by atoms with van der Waals surface area (Å²) in [6.45, 7) is 15.9.